The number of hydrogen-bond acceptors (Lipinski definition) is 3. The van der Waals surface area contributed by atoms with Crippen LogP contribution in [-0.4, -0.2) is 29.2 Å². The lowest BCUT2D eigenvalue weighted by atomic mass is 9.84. The van der Waals surface area contributed by atoms with Crippen molar-refractivity contribution in [3.63, 3.8) is 0 Å². The lowest BCUT2D eigenvalue weighted by Crippen LogP contribution is -2.40. The fourth-order valence-electron chi connectivity index (χ4n) is 4.57. The van der Waals surface area contributed by atoms with Crippen LogP contribution in [0, 0.1) is 0 Å². The summed E-state index contributed by atoms with van der Waals surface area (Å²) in [6, 6.07) is 7.11. The van der Waals surface area contributed by atoms with E-state index in [4.69, 9.17) is 5.73 Å². The van der Waals surface area contributed by atoms with Crippen molar-refractivity contribution in [2.45, 2.75) is 88.6 Å². The highest BCUT2D eigenvalue weighted by Crippen LogP contribution is 2.40. The molecule has 0 heterocycles. The summed E-state index contributed by atoms with van der Waals surface area (Å²) in [5.41, 5.74) is 10.0. The summed E-state index contributed by atoms with van der Waals surface area (Å²) in [6.45, 7) is 2.24. The van der Waals surface area contributed by atoms with E-state index in [1.807, 2.05) is 0 Å². The second kappa shape index (κ2) is 8.53. The number of hydrogen-bond donors (Lipinski definition) is 3. The van der Waals surface area contributed by atoms with Crippen molar-refractivity contribution in [2.24, 2.45) is 5.73 Å². The Balaban J connectivity index is 1.57. The molecule has 1 aromatic carbocycles. The zero-order chi connectivity index (χ0) is 18.6. The van der Waals surface area contributed by atoms with E-state index in [1.165, 1.54) is 16.7 Å². The molecule has 3 rings (SSSR count). The van der Waals surface area contributed by atoms with Crippen molar-refractivity contribution in [1.29, 1.82) is 0 Å². The van der Waals surface area contributed by atoms with Crippen molar-refractivity contribution in [1.82, 2.24) is 5.32 Å². The van der Waals surface area contributed by atoms with Crippen LogP contribution in [0.4, 0.5) is 0 Å². The number of nitrogens with two attached hydrogens (primary N) is 1. The number of rotatable bonds is 7. The average Bonchev–Trinajstić information content (AvgIpc) is 3.04. The summed E-state index contributed by atoms with van der Waals surface area (Å²) in [7, 11) is 0. The van der Waals surface area contributed by atoms with Crippen LogP contribution in [0.5, 0.6) is 0 Å². The van der Waals surface area contributed by atoms with E-state index in [-0.39, 0.29) is 18.6 Å². The molecule has 1 fully saturated rings. The van der Waals surface area contributed by atoms with Crippen LogP contribution in [0.15, 0.2) is 18.2 Å². The van der Waals surface area contributed by atoms with Crippen molar-refractivity contribution < 1.29 is 9.90 Å². The number of aliphatic hydroxyl groups excluding tert-OH is 1. The van der Waals surface area contributed by atoms with Crippen LogP contribution in [-0.2, 0) is 17.6 Å². The molecule has 1 unspecified atom stereocenters. The molecule has 0 aliphatic heterocycles. The average molecular weight is 359 g/mol. The number of fused-ring (bicyclic) bond motifs is 1. The summed E-state index contributed by atoms with van der Waals surface area (Å²) in [5, 5.41) is 12.7. The maximum absolute atomic E-state index is 12.1. The topological polar surface area (TPSA) is 75.4 Å². The quantitative estimate of drug-likeness (QED) is 0.655. The van der Waals surface area contributed by atoms with Gasteiger partial charge in [0.05, 0.1) is 6.61 Å². The minimum atomic E-state index is -0.395. The van der Waals surface area contributed by atoms with Crippen molar-refractivity contribution in [2.75, 3.05) is 6.61 Å². The van der Waals surface area contributed by atoms with Gasteiger partial charge in [-0.05, 0) is 67.6 Å². The van der Waals surface area contributed by atoms with E-state index in [9.17, 15) is 9.90 Å². The fourth-order valence-corrected chi connectivity index (χ4v) is 4.57. The lowest BCUT2D eigenvalue weighted by molar-refractivity contribution is -0.122. The summed E-state index contributed by atoms with van der Waals surface area (Å²) in [6.07, 6.45) is 9.76. The minimum Gasteiger partial charge on any atom is -0.394 e. The van der Waals surface area contributed by atoms with Gasteiger partial charge in [0, 0.05) is 18.0 Å². The van der Waals surface area contributed by atoms with Gasteiger partial charge >= 0.3 is 0 Å². The molecule has 4 heteroatoms. The van der Waals surface area contributed by atoms with E-state index in [1.54, 1.807) is 0 Å². The Bertz CT molecular complexity index is 631. The number of carbonyl (C=O) groups excluding carboxylic acids is 1. The summed E-state index contributed by atoms with van der Waals surface area (Å²) < 4.78 is 0. The number of amides is 1. The lowest BCUT2D eigenvalue weighted by Gasteiger charge is -2.27. The number of carbonyl (C=O) groups is 1. The molecule has 1 amide bonds. The Labute approximate surface area is 157 Å². The van der Waals surface area contributed by atoms with Gasteiger partial charge in [0.2, 0.25) is 5.91 Å². The van der Waals surface area contributed by atoms with E-state index in [2.05, 4.69) is 30.4 Å². The molecule has 2 aliphatic rings. The van der Waals surface area contributed by atoms with Gasteiger partial charge in [-0.1, -0.05) is 38.0 Å². The SMILES string of the molecule is CCCCCC(=O)NC1CCc2cc([C@H]3CC[C@@](N)(CO)C3)ccc2C1. The van der Waals surface area contributed by atoms with E-state index >= 15 is 0 Å². The Morgan fingerprint density at radius 3 is 2.88 bits per heavy atom. The fraction of sp³-hybridized carbons (Fsp3) is 0.682. The Morgan fingerprint density at radius 2 is 2.15 bits per heavy atom. The normalized spacial score (nSPS) is 28.0. The molecule has 0 spiro atoms. The van der Waals surface area contributed by atoms with Crippen LogP contribution in [0.3, 0.4) is 0 Å². The van der Waals surface area contributed by atoms with Gasteiger partial charge in [0.25, 0.3) is 0 Å². The van der Waals surface area contributed by atoms with Gasteiger partial charge in [0.1, 0.15) is 0 Å². The number of aryl methyl sites for hydroxylation is 1. The third-order valence-electron chi connectivity index (χ3n) is 6.26. The van der Waals surface area contributed by atoms with Crippen LogP contribution in [0.25, 0.3) is 0 Å². The molecule has 4 N–H and O–H groups in total. The molecule has 3 atom stereocenters. The van der Waals surface area contributed by atoms with E-state index < -0.39 is 5.54 Å². The molecule has 4 nitrogen and oxygen atoms in total. The highest BCUT2D eigenvalue weighted by atomic mass is 16.3. The monoisotopic (exact) mass is 358 g/mol. The molecule has 2 aliphatic carbocycles. The second-order valence-electron chi connectivity index (χ2n) is 8.45. The zero-order valence-corrected chi connectivity index (χ0v) is 16.1. The van der Waals surface area contributed by atoms with Gasteiger partial charge in [-0.25, -0.2) is 0 Å². The maximum atomic E-state index is 12.1. The molecular formula is C22H34N2O2. The van der Waals surface area contributed by atoms with Crippen LogP contribution in [0.2, 0.25) is 0 Å². The highest BCUT2D eigenvalue weighted by molar-refractivity contribution is 5.76. The van der Waals surface area contributed by atoms with Gasteiger partial charge in [0.15, 0.2) is 0 Å². The molecule has 26 heavy (non-hydrogen) atoms. The number of unbranched alkanes of at least 4 members (excludes halogenated alkanes) is 2. The summed E-state index contributed by atoms with van der Waals surface area (Å²) >= 11 is 0. The van der Waals surface area contributed by atoms with Crippen LogP contribution in [0.1, 0.15) is 80.9 Å². The Kier molecular flexibility index (Phi) is 6.36. The number of aliphatic hydroxyl groups is 1. The van der Waals surface area contributed by atoms with Gasteiger partial charge in [-0.3, -0.25) is 4.79 Å². The number of nitrogens with one attached hydrogen (secondary N) is 1. The van der Waals surface area contributed by atoms with Crippen LogP contribution >= 0.6 is 0 Å². The predicted octanol–water partition coefficient (Wildman–Crippen LogP) is 3.20. The van der Waals surface area contributed by atoms with Crippen molar-refractivity contribution in [3.8, 4) is 0 Å². The molecule has 144 valence electrons. The van der Waals surface area contributed by atoms with Gasteiger partial charge in [-0.2, -0.15) is 0 Å². The molecular weight excluding hydrogens is 324 g/mol. The van der Waals surface area contributed by atoms with Gasteiger partial charge in [-0.15, -0.1) is 0 Å². The van der Waals surface area contributed by atoms with E-state index in [0.29, 0.717) is 12.3 Å². The third-order valence-corrected chi connectivity index (χ3v) is 6.26. The molecule has 0 saturated heterocycles. The van der Waals surface area contributed by atoms with Crippen molar-refractivity contribution in [3.05, 3.63) is 34.9 Å². The minimum absolute atomic E-state index is 0.0775. The maximum Gasteiger partial charge on any atom is 0.220 e. The van der Waals surface area contributed by atoms with Crippen LogP contribution < -0.4 is 11.1 Å². The molecule has 0 radical (unpaired) electrons. The molecule has 0 aromatic heterocycles. The number of benzene rings is 1. The first kappa shape index (κ1) is 19.4. The summed E-state index contributed by atoms with van der Waals surface area (Å²) in [4.78, 5) is 12.1. The largest absolute Gasteiger partial charge is 0.394 e. The summed E-state index contributed by atoms with van der Waals surface area (Å²) in [5.74, 6) is 0.672. The first-order valence-corrected chi connectivity index (χ1v) is 10.3. The van der Waals surface area contributed by atoms with Gasteiger partial charge < -0.3 is 16.2 Å². The first-order chi connectivity index (χ1) is 12.5. The molecule has 0 bridgehead atoms. The third kappa shape index (κ3) is 4.66. The Morgan fingerprint density at radius 1 is 1.31 bits per heavy atom. The first-order valence-electron chi connectivity index (χ1n) is 10.3. The highest BCUT2D eigenvalue weighted by Gasteiger charge is 2.36. The molecule has 1 aromatic rings. The smallest absolute Gasteiger partial charge is 0.220 e. The zero-order valence-electron chi connectivity index (χ0n) is 16.1. The van der Waals surface area contributed by atoms with E-state index in [0.717, 1.165) is 57.8 Å². The standard InChI is InChI=1S/C22H34N2O2/c1-2-3-4-5-21(26)24-20-9-8-16-12-17(6-7-18(16)13-20)19-10-11-22(23,14-19)15-25/h6-7,12,19-20,25H,2-5,8-11,13-15,23H2,1H3,(H,24,26)/t19-,20?,22-/m0/s1. The Hall–Kier alpha value is -1.39. The second-order valence-corrected chi connectivity index (χ2v) is 8.45. The molecule has 1 saturated carbocycles. The predicted molar refractivity (Wildman–Crippen MR) is 105 cm³/mol. The van der Waals surface area contributed by atoms with Crippen molar-refractivity contribution >= 4 is 5.91 Å².